The number of hydrogen-bond acceptors (Lipinski definition) is 23. The van der Waals surface area contributed by atoms with Crippen molar-refractivity contribution in [1.29, 1.82) is 0 Å². The molecule has 18 heterocycles. The zero-order valence-corrected chi connectivity index (χ0v) is 82.1. The number of nitrogens with one attached hydrogen (secondary N) is 8. The number of aliphatic hydroxyl groups excluding tert-OH is 8. The van der Waals surface area contributed by atoms with Crippen LogP contribution >= 0.6 is 22.9 Å². The second kappa shape index (κ2) is 46.6. The van der Waals surface area contributed by atoms with E-state index in [4.69, 9.17) is 16.0 Å². The summed E-state index contributed by atoms with van der Waals surface area (Å²) >= 11 is 7.40. The molecule has 34 nitrogen and oxygen atoms in total. The van der Waals surface area contributed by atoms with Crippen LogP contribution in [0.25, 0.3) is 65.2 Å². The molecule has 16 aromatic heterocycles. The molecule has 7 aromatic carbocycles. The molecule has 8 atom stereocenters. The second-order valence-corrected chi connectivity index (χ2v) is 36.0. The number of hydrogen-bond donors (Lipinski definition) is 16. The topological polar surface area (TPSA) is 478 Å². The third-order valence-electron chi connectivity index (χ3n) is 25.6. The van der Waals surface area contributed by atoms with Crippen LogP contribution in [0.1, 0.15) is 196 Å². The fourth-order valence-corrected chi connectivity index (χ4v) is 19.4. The molecule has 2 aliphatic rings. The van der Waals surface area contributed by atoms with Crippen molar-refractivity contribution in [3.8, 4) is 10.6 Å². The third-order valence-corrected chi connectivity index (χ3v) is 26.7. The molecule has 0 amide bonds. The average Bonchev–Trinajstić information content (AvgIpc) is 1.63. The van der Waals surface area contributed by atoms with E-state index in [0.717, 1.165) is 84.2 Å². The number of aryl methyl sites for hydroxylation is 6. The Bertz CT molecular complexity index is 8070. The van der Waals surface area contributed by atoms with Crippen LogP contribution in [0.3, 0.4) is 0 Å². The lowest BCUT2D eigenvalue weighted by Gasteiger charge is -2.23. The monoisotopic (exact) mass is 2080 g/mol. The number of benzene rings is 7. The van der Waals surface area contributed by atoms with Gasteiger partial charge in [-0.15, -0.1) is 11.3 Å². The Kier molecular flexibility index (Phi) is 32.1. The standard InChI is InChI=1S/C15H13FN2O.C15H15N3O.C14H14FN3O.C13H15FN4O.C13H12FN3O2.C13H10FN3OS.C12H9ClFN3O.C12H11FN4O/c1-9-3-2-4-10-12(16)6-5-11(13(9)10)14(19)15-17-7-8-18-15;19-14(15-16-6-7-17-15)12-5-1-3-10-9-11-4-2-8-18(11)13(10)12;1-2-9-5-8-18-11(15)4-3-10(12(9)18)13(19)14-16-6-7-17-14;14-9-3-4-10(12(19)13-15-8-16-17-13)11(7-9)18-5-1-2-6-18;1-2-7-5-19-12-9(14)4-3-8(10(7)12)11(18)13-15-6-16-17-13;14-8-1-2-9(11(18)12-15-3-4-16-12)10(7-8)13-17-5-6-19-13;13-10-4-3-8-7(14)1-2-9(17(8)10)11(18)12-15-5-6-16-12;1-17-10-7(11(18)12-14-4-5-15-12)2-3-9(13)8(10)6-16-17/h2-8,14,19H,1H3,(H,17,18);1,3,5-7,9,14,19H,2,4,8H2,(H,16,17);3-8,13,19H,2H2,1H3,(H,16,17);3-4,7-8,12,19H,1-2,5-6H2,(H,15,16,17);3-6,11,18H,2H2,1H3,(H,15,16,17);1-7,11,18H,(H,15,16);1-6,11,18H,(H,15,16);2-6,11,18H,1H3,(H,14,15). The molecule has 23 aromatic rings. The van der Waals surface area contributed by atoms with Gasteiger partial charge in [-0.1, -0.05) is 92.2 Å². The molecule has 150 heavy (non-hydrogen) atoms. The van der Waals surface area contributed by atoms with E-state index in [2.05, 4.69) is 122 Å². The summed E-state index contributed by atoms with van der Waals surface area (Å²) in [4.78, 5) is 55.7. The molecule has 768 valence electrons. The molecule has 0 spiro atoms. The van der Waals surface area contributed by atoms with Crippen LogP contribution in [0.2, 0.25) is 5.15 Å². The summed E-state index contributed by atoms with van der Waals surface area (Å²) in [6.45, 7) is 8.67. The van der Waals surface area contributed by atoms with Crippen molar-refractivity contribution in [3.05, 3.63) is 435 Å². The van der Waals surface area contributed by atoms with Crippen LogP contribution in [-0.4, -0.2) is 172 Å². The minimum Gasteiger partial charge on any atom is -0.461 e. The SMILES string of the molecule is CCc1ccn2c(F)ccc(C(O)c3ncc[nH]3)c12.CCc1coc2c(F)ccc(C(O)c3ncn[nH]3)c12.Cc1cccc2c(F)ccc(C(O)c3ncc[nH]3)c12.Cn1ncc2c(F)ccc(C(O)c3ncc[nH]3)c21.OC(c1ncc[nH]1)c1ccc(F)c2ccc(Cl)n12.OC(c1ncc[nH]1)c1ccc(F)cc1-c1nccs1.OC(c1ncc[nH]1)c1cccc2cc3n(c12)CCC3.OC(c1ncn[nH]1)c1ccc(F)cc1N1CCCC1. The largest absolute Gasteiger partial charge is 0.461 e. The summed E-state index contributed by atoms with van der Waals surface area (Å²) in [5.41, 5.74) is 13.4. The van der Waals surface area contributed by atoms with Crippen LogP contribution in [0.4, 0.5) is 36.4 Å². The summed E-state index contributed by atoms with van der Waals surface area (Å²) in [6.07, 6.45) is 27.1. The van der Waals surface area contributed by atoms with Gasteiger partial charge in [0.2, 0.25) is 0 Å². The molecular formula is C107H99ClF7N25O9S. The molecule has 0 saturated carbocycles. The fraction of sp³-hybridized carbons (Fsp3) is 0.196. The van der Waals surface area contributed by atoms with Crippen LogP contribution < -0.4 is 4.90 Å². The van der Waals surface area contributed by atoms with E-state index in [9.17, 15) is 71.6 Å². The number of para-hydroxylation sites is 1. The highest BCUT2D eigenvalue weighted by Gasteiger charge is 2.30. The Hall–Kier alpha value is -16.7. The number of thiazole rings is 1. The highest BCUT2D eigenvalue weighted by atomic mass is 35.5. The molecule has 1 fully saturated rings. The van der Waals surface area contributed by atoms with Crippen LogP contribution in [0, 0.1) is 47.8 Å². The molecule has 0 radical (unpaired) electrons. The Morgan fingerprint density at radius 2 is 0.947 bits per heavy atom. The fourth-order valence-electron chi connectivity index (χ4n) is 18.4. The molecule has 16 N–H and O–H groups in total. The summed E-state index contributed by atoms with van der Waals surface area (Å²) in [5.74, 6) is 0.947. The van der Waals surface area contributed by atoms with Gasteiger partial charge in [-0.25, -0.2) is 71.2 Å². The van der Waals surface area contributed by atoms with E-state index in [-0.39, 0.29) is 34.8 Å². The van der Waals surface area contributed by atoms with Gasteiger partial charge in [0.05, 0.1) is 45.6 Å². The van der Waals surface area contributed by atoms with Gasteiger partial charge in [0.1, 0.15) is 130 Å². The Morgan fingerprint density at radius 3 is 1.52 bits per heavy atom. The Labute approximate surface area is 857 Å². The van der Waals surface area contributed by atoms with Gasteiger partial charge >= 0.3 is 0 Å². The minimum atomic E-state index is -0.993. The average molecular weight is 2080 g/mol. The number of halogens is 8. The first-order valence-corrected chi connectivity index (χ1v) is 48.8. The number of aromatic amines is 8. The first kappa shape index (κ1) is 103. The zero-order valence-electron chi connectivity index (χ0n) is 80.5. The quantitative estimate of drug-likeness (QED) is 0.0249. The molecule has 0 bridgehead atoms. The van der Waals surface area contributed by atoms with E-state index >= 15 is 0 Å². The number of anilines is 1. The molecule has 8 unspecified atom stereocenters. The molecule has 25 rings (SSSR count). The lowest BCUT2D eigenvalue weighted by molar-refractivity contribution is 0.204. The summed E-state index contributed by atoms with van der Waals surface area (Å²) in [7, 11) is 1.71. The predicted octanol–water partition coefficient (Wildman–Crippen LogP) is 18.7. The Morgan fingerprint density at radius 1 is 0.440 bits per heavy atom. The van der Waals surface area contributed by atoms with E-state index < -0.39 is 60.5 Å². The second-order valence-electron chi connectivity index (χ2n) is 34.7. The number of fused-ring (bicyclic) bond motifs is 8. The minimum absolute atomic E-state index is 0.160. The van der Waals surface area contributed by atoms with Crippen molar-refractivity contribution in [1.82, 2.24) is 118 Å². The van der Waals surface area contributed by atoms with Crippen molar-refractivity contribution in [2.75, 3.05) is 18.0 Å². The van der Waals surface area contributed by atoms with Gasteiger partial charge in [0, 0.05) is 174 Å². The van der Waals surface area contributed by atoms with Crippen LogP contribution in [-0.2, 0) is 32.9 Å². The van der Waals surface area contributed by atoms with Gasteiger partial charge in [-0.05, 0) is 175 Å². The number of rotatable bonds is 20. The van der Waals surface area contributed by atoms with E-state index in [0.29, 0.717) is 141 Å². The maximum atomic E-state index is 13.8. The third kappa shape index (κ3) is 22.0. The van der Waals surface area contributed by atoms with Crippen molar-refractivity contribution in [2.24, 2.45) is 7.05 Å². The highest BCUT2D eigenvalue weighted by molar-refractivity contribution is 7.13. The summed E-state index contributed by atoms with van der Waals surface area (Å²) in [5, 5.41) is 106. The van der Waals surface area contributed by atoms with Crippen molar-refractivity contribution in [3.63, 3.8) is 0 Å². The predicted molar refractivity (Wildman–Crippen MR) is 546 cm³/mol. The van der Waals surface area contributed by atoms with E-state index in [1.165, 1.54) is 130 Å². The van der Waals surface area contributed by atoms with Crippen molar-refractivity contribution in [2.45, 2.75) is 115 Å². The molecule has 1 saturated heterocycles. The van der Waals surface area contributed by atoms with Gasteiger partial charge in [-0.2, -0.15) is 19.7 Å². The number of aromatic nitrogens is 24. The lowest BCUT2D eigenvalue weighted by atomic mass is 9.96. The van der Waals surface area contributed by atoms with Gasteiger partial charge < -0.3 is 84.6 Å². The summed E-state index contributed by atoms with van der Waals surface area (Å²) < 4.78 is 107. The number of aliphatic hydroxyl groups is 8. The van der Waals surface area contributed by atoms with Crippen LogP contribution in [0.15, 0.2) is 279 Å². The number of pyridine rings is 2. The van der Waals surface area contributed by atoms with Crippen molar-refractivity contribution >= 4 is 83.2 Å². The maximum Gasteiger partial charge on any atom is 0.198 e. The maximum absolute atomic E-state index is 13.8. The highest BCUT2D eigenvalue weighted by Crippen LogP contribution is 2.41. The molecule has 2 aliphatic heterocycles. The molecule has 43 heteroatoms. The normalized spacial score (nSPS) is 13.8. The first-order valence-electron chi connectivity index (χ1n) is 47.5. The number of H-pyrrole nitrogens is 8. The Balaban J connectivity index is 0.000000112. The van der Waals surface area contributed by atoms with Crippen LogP contribution in [0.5, 0.6) is 0 Å². The van der Waals surface area contributed by atoms with Gasteiger partial charge in [-0.3, -0.25) is 23.7 Å². The number of furan rings is 1. The van der Waals surface area contributed by atoms with E-state index in [1.54, 1.807) is 147 Å². The number of imidazole rings is 6. The summed E-state index contributed by atoms with van der Waals surface area (Å²) in [6, 6.07) is 41.9. The van der Waals surface area contributed by atoms with E-state index in [1.807, 2.05) is 56.5 Å². The van der Waals surface area contributed by atoms with Gasteiger partial charge in [0.25, 0.3) is 0 Å². The lowest BCUT2D eigenvalue weighted by Crippen LogP contribution is -2.21. The molecule has 0 aliphatic carbocycles. The molecular weight excluding hydrogens is 1980 g/mol. The zero-order chi connectivity index (χ0) is 105. The smallest absolute Gasteiger partial charge is 0.198 e. The first-order chi connectivity index (χ1) is 72.8. The number of nitrogens with zero attached hydrogens (tertiary/aromatic N) is 17. The van der Waals surface area contributed by atoms with Crippen molar-refractivity contribution < 1.29 is 76.0 Å². The van der Waals surface area contributed by atoms with Gasteiger partial charge in [0.15, 0.2) is 35.1 Å².